The second-order valence-electron chi connectivity index (χ2n) is 4.29. The smallest absolute Gasteiger partial charge is 0.0831 e. The number of halogens is 2. The standard InChI is InChI=1S/C14H13BrClNO/c1-9-2-11(6-13(16)3-9)14(18)5-10-4-12(15)8-17-7-10/h2-4,6-8,14,18H,5H2,1H3. The molecule has 0 saturated heterocycles. The first-order valence-corrected chi connectivity index (χ1v) is 6.76. The Morgan fingerprint density at radius 3 is 2.72 bits per heavy atom. The molecular weight excluding hydrogens is 314 g/mol. The number of rotatable bonds is 3. The van der Waals surface area contributed by atoms with Crippen LogP contribution in [-0.4, -0.2) is 10.1 Å². The molecule has 0 aliphatic carbocycles. The molecule has 0 saturated carbocycles. The van der Waals surface area contributed by atoms with E-state index in [1.54, 1.807) is 18.5 Å². The molecule has 0 aliphatic heterocycles. The summed E-state index contributed by atoms with van der Waals surface area (Å²) in [4.78, 5) is 4.08. The van der Waals surface area contributed by atoms with Gasteiger partial charge in [-0.3, -0.25) is 4.98 Å². The van der Waals surface area contributed by atoms with Gasteiger partial charge in [0.15, 0.2) is 0 Å². The third-order valence-electron chi connectivity index (χ3n) is 2.64. The van der Waals surface area contributed by atoms with E-state index in [4.69, 9.17) is 11.6 Å². The van der Waals surface area contributed by atoms with Crippen LogP contribution in [-0.2, 0) is 6.42 Å². The quantitative estimate of drug-likeness (QED) is 0.922. The van der Waals surface area contributed by atoms with Crippen LogP contribution in [0.3, 0.4) is 0 Å². The third-order valence-corrected chi connectivity index (χ3v) is 3.29. The molecule has 1 heterocycles. The number of hydrogen-bond acceptors (Lipinski definition) is 2. The number of hydrogen-bond donors (Lipinski definition) is 1. The summed E-state index contributed by atoms with van der Waals surface area (Å²) in [6.45, 7) is 1.96. The first-order valence-electron chi connectivity index (χ1n) is 5.59. The van der Waals surface area contributed by atoms with E-state index >= 15 is 0 Å². The van der Waals surface area contributed by atoms with Crippen LogP contribution in [0.15, 0.2) is 41.1 Å². The predicted molar refractivity (Wildman–Crippen MR) is 76.8 cm³/mol. The Morgan fingerprint density at radius 1 is 1.28 bits per heavy atom. The van der Waals surface area contributed by atoms with Crippen LogP contribution < -0.4 is 0 Å². The maximum absolute atomic E-state index is 10.2. The Hall–Kier alpha value is -0.900. The van der Waals surface area contributed by atoms with Crippen LogP contribution in [0.25, 0.3) is 0 Å². The lowest BCUT2D eigenvalue weighted by atomic mass is 10.0. The predicted octanol–water partition coefficient (Wildman–Crippen LogP) is 4.08. The van der Waals surface area contributed by atoms with Crippen LogP contribution in [0.1, 0.15) is 22.8 Å². The highest BCUT2D eigenvalue weighted by Gasteiger charge is 2.10. The molecule has 1 N–H and O–H groups in total. The molecule has 2 aromatic rings. The fourth-order valence-corrected chi connectivity index (χ4v) is 2.58. The van der Waals surface area contributed by atoms with E-state index < -0.39 is 6.10 Å². The van der Waals surface area contributed by atoms with Crippen molar-refractivity contribution in [2.24, 2.45) is 0 Å². The minimum absolute atomic E-state index is 0.520. The van der Waals surface area contributed by atoms with Gasteiger partial charge in [-0.05, 0) is 57.7 Å². The molecule has 0 aliphatic rings. The molecule has 1 aromatic heterocycles. The minimum Gasteiger partial charge on any atom is -0.388 e. The molecule has 0 spiro atoms. The number of aliphatic hydroxyl groups excluding tert-OH is 1. The van der Waals surface area contributed by atoms with Gasteiger partial charge in [-0.1, -0.05) is 17.7 Å². The summed E-state index contributed by atoms with van der Waals surface area (Å²) in [5.74, 6) is 0. The maximum Gasteiger partial charge on any atom is 0.0831 e. The van der Waals surface area contributed by atoms with Crippen LogP contribution in [0.5, 0.6) is 0 Å². The number of benzene rings is 1. The number of aromatic nitrogens is 1. The lowest BCUT2D eigenvalue weighted by molar-refractivity contribution is 0.178. The van der Waals surface area contributed by atoms with Gasteiger partial charge in [0.25, 0.3) is 0 Å². The van der Waals surface area contributed by atoms with Gasteiger partial charge < -0.3 is 5.11 Å². The average Bonchev–Trinajstić information content (AvgIpc) is 2.27. The third kappa shape index (κ3) is 3.55. The van der Waals surface area contributed by atoms with Crippen LogP contribution in [0, 0.1) is 6.92 Å². The summed E-state index contributed by atoms with van der Waals surface area (Å²) < 4.78 is 0.912. The van der Waals surface area contributed by atoms with Crippen molar-refractivity contribution in [3.8, 4) is 0 Å². The van der Waals surface area contributed by atoms with E-state index in [-0.39, 0.29) is 0 Å². The largest absolute Gasteiger partial charge is 0.388 e. The van der Waals surface area contributed by atoms with Crippen LogP contribution >= 0.6 is 27.5 Å². The molecule has 0 radical (unpaired) electrons. The summed E-state index contributed by atoms with van der Waals surface area (Å²) >= 11 is 9.36. The van der Waals surface area contributed by atoms with E-state index in [1.807, 2.05) is 25.1 Å². The maximum atomic E-state index is 10.2. The SMILES string of the molecule is Cc1cc(Cl)cc(C(O)Cc2cncc(Br)c2)c1. The van der Waals surface area contributed by atoms with E-state index in [0.29, 0.717) is 11.4 Å². The topological polar surface area (TPSA) is 33.1 Å². The summed E-state index contributed by atoms with van der Waals surface area (Å²) in [5.41, 5.74) is 2.86. The van der Waals surface area contributed by atoms with E-state index in [0.717, 1.165) is 21.2 Å². The molecule has 2 rings (SSSR count). The second-order valence-corrected chi connectivity index (χ2v) is 5.65. The second kappa shape index (κ2) is 5.83. The molecule has 0 fully saturated rings. The summed E-state index contributed by atoms with van der Waals surface area (Å²) in [6.07, 6.45) is 3.43. The van der Waals surface area contributed by atoms with Crippen molar-refractivity contribution in [3.63, 3.8) is 0 Å². The summed E-state index contributed by atoms with van der Waals surface area (Å²) in [7, 11) is 0. The van der Waals surface area contributed by atoms with Gasteiger partial charge in [-0.15, -0.1) is 0 Å². The number of nitrogens with zero attached hydrogens (tertiary/aromatic N) is 1. The molecule has 1 aromatic carbocycles. The molecular formula is C14H13BrClNO. The van der Waals surface area contributed by atoms with E-state index in [1.165, 1.54) is 0 Å². The summed E-state index contributed by atoms with van der Waals surface area (Å²) in [5, 5.41) is 10.9. The Kier molecular flexibility index (Phi) is 4.38. The van der Waals surface area contributed by atoms with Crippen molar-refractivity contribution < 1.29 is 5.11 Å². The fourth-order valence-electron chi connectivity index (χ4n) is 1.87. The Balaban J connectivity index is 2.19. The number of pyridine rings is 1. The molecule has 1 unspecified atom stereocenters. The Morgan fingerprint density at radius 2 is 2.06 bits per heavy atom. The Labute approximate surface area is 120 Å². The Bertz CT molecular complexity index is 539. The van der Waals surface area contributed by atoms with Crippen molar-refractivity contribution >= 4 is 27.5 Å². The van der Waals surface area contributed by atoms with Crippen molar-refractivity contribution in [2.45, 2.75) is 19.4 Å². The number of aliphatic hydroxyl groups is 1. The zero-order chi connectivity index (χ0) is 13.1. The van der Waals surface area contributed by atoms with Crippen molar-refractivity contribution in [1.82, 2.24) is 4.98 Å². The monoisotopic (exact) mass is 325 g/mol. The van der Waals surface area contributed by atoms with Gasteiger partial charge in [0.1, 0.15) is 0 Å². The lowest BCUT2D eigenvalue weighted by Crippen LogP contribution is -2.02. The minimum atomic E-state index is -0.571. The molecule has 94 valence electrons. The normalized spacial score (nSPS) is 12.4. The molecule has 0 amide bonds. The summed E-state index contributed by atoms with van der Waals surface area (Å²) in [6, 6.07) is 7.57. The van der Waals surface area contributed by atoms with Gasteiger partial charge in [0.2, 0.25) is 0 Å². The zero-order valence-electron chi connectivity index (χ0n) is 9.90. The molecule has 18 heavy (non-hydrogen) atoms. The first-order chi connectivity index (χ1) is 8.54. The first kappa shape index (κ1) is 13.5. The highest BCUT2D eigenvalue weighted by Crippen LogP contribution is 2.23. The van der Waals surface area contributed by atoms with Crippen LogP contribution in [0.4, 0.5) is 0 Å². The number of aryl methyl sites for hydroxylation is 1. The fraction of sp³-hybridized carbons (Fsp3) is 0.214. The molecule has 2 nitrogen and oxygen atoms in total. The van der Waals surface area contributed by atoms with Gasteiger partial charge in [-0.25, -0.2) is 0 Å². The highest BCUT2D eigenvalue weighted by atomic mass is 79.9. The average molecular weight is 327 g/mol. The van der Waals surface area contributed by atoms with Gasteiger partial charge in [0.05, 0.1) is 6.10 Å². The molecule has 4 heteroatoms. The van der Waals surface area contributed by atoms with Gasteiger partial charge in [-0.2, -0.15) is 0 Å². The highest BCUT2D eigenvalue weighted by molar-refractivity contribution is 9.10. The zero-order valence-corrected chi connectivity index (χ0v) is 12.2. The van der Waals surface area contributed by atoms with Crippen LogP contribution in [0.2, 0.25) is 5.02 Å². The van der Waals surface area contributed by atoms with Crippen molar-refractivity contribution in [1.29, 1.82) is 0 Å². The van der Waals surface area contributed by atoms with Crippen molar-refractivity contribution in [2.75, 3.05) is 0 Å². The van der Waals surface area contributed by atoms with E-state index in [9.17, 15) is 5.11 Å². The van der Waals surface area contributed by atoms with Gasteiger partial charge in [0, 0.05) is 28.3 Å². The van der Waals surface area contributed by atoms with Gasteiger partial charge >= 0.3 is 0 Å². The van der Waals surface area contributed by atoms with E-state index in [2.05, 4.69) is 20.9 Å². The molecule has 0 bridgehead atoms. The lowest BCUT2D eigenvalue weighted by Gasteiger charge is -2.12. The van der Waals surface area contributed by atoms with Crippen molar-refractivity contribution in [3.05, 3.63) is 62.8 Å². The molecule has 1 atom stereocenters.